The van der Waals surface area contributed by atoms with Gasteiger partial charge in [0.05, 0.1) is 0 Å². The molecular weight excluding hydrogens is 645 g/mol. The molecular formula is C42H46N8Si. The van der Waals surface area contributed by atoms with Crippen molar-refractivity contribution in [3.05, 3.63) is 130 Å². The van der Waals surface area contributed by atoms with Gasteiger partial charge in [-0.2, -0.15) is 0 Å². The predicted octanol–water partition coefficient (Wildman–Crippen LogP) is 8.70. The normalized spacial score (nSPS) is 19.2. The van der Waals surface area contributed by atoms with E-state index in [-0.39, 0.29) is 0 Å². The Kier molecular flexibility index (Phi) is 6.72. The quantitative estimate of drug-likeness (QED) is 0.143. The van der Waals surface area contributed by atoms with Crippen molar-refractivity contribution in [1.82, 2.24) is 8.47 Å². The zero-order valence-electron chi connectivity index (χ0n) is 31.3. The molecule has 0 saturated carbocycles. The Labute approximate surface area is 298 Å². The van der Waals surface area contributed by atoms with E-state index in [1.165, 1.54) is 0 Å². The molecule has 8 heterocycles. The molecule has 0 atom stereocenters. The summed E-state index contributed by atoms with van der Waals surface area (Å²) in [5.74, 6) is 5.66. The van der Waals surface area contributed by atoms with Crippen molar-refractivity contribution in [2.75, 3.05) is 0 Å². The van der Waals surface area contributed by atoms with E-state index in [0.717, 1.165) is 89.8 Å². The molecule has 0 N–H and O–H groups in total. The summed E-state index contributed by atoms with van der Waals surface area (Å²) in [7, 11) is -4.98. The first kappa shape index (κ1) is 32.6. The van der Waals surface area contributed by atoms with Gasteiger partial charge in [-0.3, -0.25) is 0 Å². The Morgan fingerprint density at radius 1 is 0.412 bits per heavy atom. The number of fused-ring (bicyclic) bond motifs is 12. The van der Waals surface area contributed by atoms with Crippen molar-refractivity contribution in [3.63, 3.8) is 0 Å². The van der Waals surface area contributed by atoms with Gasteiger partial charge in [0, 0.05) is 0 Å². The third kappa shape index (κ3) is 3.19. The summed E-state index contributed by atoms with van der Waals surface area (Å²) in [5, 5.41) is 4.42. The molecule has 9 heteroatoms. The van der Waals surface area contributed by atoms with Crippen LogP contribution in [0.2, 0.25) is 13.1 Å². The number of nitrogens with zero attached hydrogens (tertiary/aromatic N) is 8. The second-order valence-electron chi connectivity index (χ2n) is 13.4. The Morgan fingerprint density at radius 3 is 1.14 bits per heavy atom. The van der Waals surface area contributed by atoms with Crippen molar-refractivity contribution in [1.29, 1.82) is 0 Å². The monoisotopic (exact) mass is 690 g/mol. The summed E-state index contributed by atoms with van der Waals surface area (Å²) in [6, 6.07) is 34.4. The minimum absolute atomic E-state index is 0.943. The number of aliphatic imine (C=N–C) groups is 2. The van der Waals surface area contributed by atoms with Crippen molar-refractivity contribution < 1.29 is 8.48 Å². The fourth-order valence-corrected chi connectivity index (χ4v) is 17.8. The molecule has 0 unspecified atom stereocenters. The van der Waals surface area contributed by atoms with Crippen LogP contribution in [0, 0.1) is 0 Å². The topological polar surface area (TPSA) is 65.3 Å². The van der Waals surface area contributed by atoms with Crippen LogP contribution < -0.4 is 11.0 Å². The van der Waals surface area contributed by atoms with Crippen molar-refractivity contribution in [2.45, 2.75) is 68.5 Å². The molecule has 1 spiro atoms. The fraction of sp³-hybridized carbons (Fsp3) is 0.238. The number of rotatable bonds is 0. The van der Waals surface area contributed by atoms with Gasteiger partial charge in [-0.15, -0.1) is 0 Å². The van der Waals surface area contributed by atoms with Crippen molar-refractivity contribution >= 4 is 63.8 Å². The van der Waals surface area contributed by atoms with E-state index in [9.17, 15) is 0 Å². The maximum atomic E-state index is 5.55. The molecule has 6 aliphatic rings. The molecule has 8 nitrogen and oxygen atoms in total. The Balaban J connectivity index is 0.000000440. The van der Waals surface area contributed by atoms with Crippen LogP contribution in [0.25, 0.3) is 21.5 Å². The molecule has 0 saturated heterocycles. The van der Waals surface area contributed by atoms with Crippen LogP contribution >= 0.6 is 0 Å². The number of hydrogen-bond donors (Lipinski definition) is 0. The van der Waals surface area contributed by atoms with Gasteiger partial charge in [-0.1, -0.05) is 55.4 Å². The summed E-state index contributed by atoms with van der Waals surface area (Å²) >= 11 is 0. The van der Waals surface area contributed by atoms with E-state index < -0.39 is 7.27 Å². The first-order chi connectivity index (χ1) is 25.0. The zero-order valence-corrected chi connectivity index (χ0v) is 32.3. The Morgan fingerprint density at radius 2 is 0.745 bits per heavy atom. The van der Waals surface area contributed by atoms with E-state index >= 15 is 0 Å². The van der Waals surface area contributed by atoms with Gasteiger partial charge in [-0.25, -0.2) is 0 Å². The number of amidine groups is 4. The molecule has 0 aliphatic carbocycles. The van der Waals surface area contributed by atoms with E-state index in [1.54, 1.807) is 0 Å². The van der Waals surface area contributed by atoms with Crippen LogP contribution in [-0.4, -0.2) is 47.6 Å². The van der Waals surface area contributed by atoms with Crippen LogP contribution in [0.1, 0.15) is 77.6 Å². The van der Waals surface area contributed by atoms with E-state index in [2.05, 4.69) is 127 Å². The molecule has 2 aromatic heterocycles. The zero-order chi connectivity index (χ0) is 36.1. The Bertz CT molecular complexity index is 2620. The third-order valence-electron chi connectivity index (χ3n) is 11.2. The van der Waals surface area contributed by atoms with Gasteiger partial charge in [0.1, 0.15) is 0 Å². The second-order valence-corrected chi connectivity index (χ2v) is 21.0. The van der Waals surface area contributed by atoms with Crippen LogP contribution in [0.4, 0.5) is 11.6 Å². The van der Waals surface area contributed by atoms with Gasteiger partial charge < -0.3 is 0 Å². The number of hydrogen-bond acceptors (Lipinski definition) is 4. The SMILES string of the molecule is CC.CC.CC.CC.C[Si-2]123(C)n4c5c6ccccc6c4N=C4c6ccccc6C(=[N+]41)N=c1c4ccccc4c(n12)=NC1=[N+]3C(=N5)c2ccccc21. The van der Waals surface area contributed by atoms with Gasteiger partial charge >= 0.3 is 244 Å². The van der Waals surface area contributed by atoms with Crippen LogP contribution in [0.15, 0.2) is 117 Å². The summed E-state index contributed by atoms with van der Waals surface area (Å²) in [6.07, 6.45) is 0. The van der Waals surface area contributed by atoms with Crippen LogP contribution in [0.3, 0.4) is 0 Å². The molecule has 4 aromatic carbocycles. The van der Waals surface area contributed by atoms with E-state index in [1.807, 2.05) is 55.4 Å². The van der Waals surface area contributed by atoms with Gasteiger partial charge in [0.25, 0.3) is 0 Å². The molecule has 0 radical (unpaired) electrons. The van der Waals surface area contributed by atoms with E-state index in [4.69, 9.17) is 20.0 Å². The molecule has 0 bridgehead atoms. The first-order valence-corrected chi connectivity index (χ1v) is 22.6. The number of benzene rings is 4. The molecule has 0 fully saturated rings. The van der Waals surface area contributed by atoms with Crippen molar-refractivity contribution in [2.24, 2.45) is 20.0 Å². The third-order valence-corrected chi connectivity index (χ3v) is 18.8. The molecule has 258 valence electrons. The fourth-order valence-electron chi connectivity index (χ4n) is 9.57. The first-order valence-electron chi connectivity index (χ1n) is 18.8. The number of aromatic nitrogens is 2. The molecule has 6 aromatic rings. The molecule has 0 amide bonds. The Hall–Kier alpha value is -5.54. The average molecular weight is 691 g/mol. The summed E-state index contributed by atoms with van der Waals surface area (Å²) in [5.41, 5.74) is 6.31. The standard InChI is InChI=1S/C34H22N8Si.4C2H6/c1-43(2)39-27-19-11-3-4-12-20(19)28(39)36-30-23-15-7-8-16-24(23)32(41(30)43)38-34-26-18-10-9-17-25(26)33(42(34)43)37-31-22-14-6-5-13-21(22)29(35-27)40(31)43;4*1-2/h3-18H,1-2H3;4*1-2H3. The minimum atomic E-state index is -4.98. The van der Waals surface area contributed by atoms with Gasteiger partial charge in [0.15, 0.2) is 0 Å². The predicted molar refractivity (Wildman–Crippen MR) is 214 cm³/mol. The van der Waals surface area contributed by atoms with E-state index in [0.29, 0.717) is 0 Å². The second kappa shape index (κ2) is 10.5. The molecule has 12 rings (SSSR count). The summed E-state index contributed by atoms with van der Waals surface area (Å²) in [6.45, 7) is 21.0. The van der Waals surface area contributed by atoms with Crippen LogP contribution in [0.5, 0.6) is 0 Å². The maximum absolute atomic E-state index is 5.55. The summed E-state index contributed by atoms with van der Waals surface area (Å²) < 4.78 is 10.1. The average Bonchev–Trinajstić information content (AvgIpc) is 3.91. The van der Waals surface area contributed by atoms with Gasteiger partial charge in [-0.05, 0) is 0 Å². The van der Waals surface area contributed by atoms with Crippen molar-refractivity contribution in [3.8, 4) is 0 Å². The van der Waals surface area contributed by atoms with Crippen LogP contribution in [-0.2, 0) is 0 Å². The summed E-state index contributed by atoms with van der Waals surface area (Å²) in [4.78, 5) is 22.2. The molecule has 51 heavy (non-hydrogen) atoms. The van der Waals surface area contributed by atoms with Gasteiger partial charge in [0.2, 0.25) is 0 Å². The molecule has 6 aliphatic heterocycles.